The molecule has 0 spiro atoms. The van der Waals surface area contributed by atoms with E-state index in [1.54, 1.807) is 0 Å². The molecule has 0 unspecified atom stereocenters. The van der Waals surface area contributed by atoms with Crippen LogP contribution in [0.2, 0.25) is 0 Å². The Morgan fingerprint density at radius 2 is 2.07 bits per heavy atom. The number of likely N-dealkylation sites (N-methyl/N-ethyl adjacent to an activating group) is 1. The molecule has 2 heterocycles. The van der Waals surface area contributed by atoms with Crippen LogP contribution in [0.5, 0.6) is 0 Å². The predicted molar refractivity (Wildman–Crippen MR) is 57.4 cm³/mol. The highest BCUT2D eigenvalue weighted by molar-refractivity contribution is 5.27. The maximum atomic E-state index is 4.59. The van der Waals surface area contributed by atoms with Gasteiger partial charge in [-0.2, -0.15) is 5.10 Å². The molecule has 1 aromatic rings. The fraction of sp³-hybridized carbons (Fsp3) is 0.727. The zero-order valence-corrected chi connectivity index (χ0v) is 9.54. The minimum absolute atomic E-state index is 0.182. The molecule has 0 amide bonds. The van der Waals surface area contributed by atoms with Crippen LogP contribution in [0.1, 0.15) is 25.1 Å². The van der Waals surface area contributed by atoms with E-state index >= 15 is 0 Å². The van der Waals surface area contributed by atoms with E-state index in [0.717, 1.165) is 19.5 Å². The Bertz CT molecular complexity index is 338. The number of hydrogen-bond acceptors (Lipinski definition) is 2. The molecule has 0 aliphatic carbocycles. The lowest BCUT2D eigenvalue weighted by atomic mass is 9.87. The number of aryl methyl sites for hydroxylation is 1. The monoisotopic (exact) mass is 193 g/mol. The lowest BCUT2D eigenvalue weighted by Gasteiger charge is -2.26. The van der Waals surface area contributed by atoms with Gasteiger partial charge in [-0.05, 0) is 19.0 Å². The van der Waals surface area contributed by atoms with Crippen molar-refractivity contribution < 1.29 is 0 Å². The van der Waals surface area contributed by atoms with Gasteiger partial charge in [0.2, 0.25) is 0 Å². The number of rotatable bonds is 0. The normalized spacial score (nSPS) is 21.7. The van der Waals surface area contributed by atoms with Gasteiger partial charge in [0, 0.05) is 31.7 Å². The van der Waals surface area contributed by atoms with Crippen molar-refractivity contribution in [2.45, 2.75) is 25.7 Å². The van der Waals surface area contributed by atoms with Crippen LogP contribution in [0.25, 0.3) is 0 Å². The van der Waals surface area contributed by atoms with Crippen LogP contribution in [-0.2, 0) is 18.9 Å². The van der Waals surface area contributed by atoms with E-state index in [0.29, 0.717) is 0 Å². The quantitative estimate of drug-likeness (QED) is 0.617. The maximum absolute atomic E-state index is 4.59. The van der Waals surface area contributed by atoms with Crippen molar-refractivity contribution >= 4 is 0 Å². The predicted octanol–water partition coefficient (Wildman–Crippen LogP) is 1.19. The minimum Gasteiger partial charge on any atom is -0.305 e. The molecule has 0 saturated carbocycles. The number of fused-ring (bicyclic) bond motifs is 1. The summed E-state index contributed by atoms with van der Waals surface area (Å²) in [7, 11) is 4.20. The van der Waals surface area contributed by atoms with Crippen LogP contribution in [0.3, 0.4) is 0 Å². The van der Waals surface area contributed by atoms with E-state index in [4.69, 9.17) is 0 Å². The van der Waals surface area contributed by atoms with Gasteiger partial charge in [-0.1, -0.05) is 13.8 Å². The van der Waals surface area contributed by atoms with E-state index < -0.39 is 0 Å². The molecule has 0 saturated heterocycles. The fourth-order valence-corrected chi connectivity index (χ4v) is 2.43. The molecule has 1 aromatic heterocycles. The van der Waals surface area contributed by atoms with Gasteiger partial charge in [-0.25, -0.2) is 0 Å². The molecule has 0 radical (unpaired) electrons. The van der Waals surface area contributed by atoms with Crippen LogP contribution >= 0.6 is 0 Å². The van der Waals surface area contributed by atoms with Crippen molar-refractivity contribution in [2.24, 2.45) is 7.05 Å². The average Bonchev–Trinajstić information content (AvgIpc) is 2.39. The first-order chi connectivity index (χ1) is 6.49. The van der Waals surface area contributed by atoms with E-state index in [-0.39, 0.29) is 5.41 Å². The Kier molecular flexibility index (Phi) is 2.14. The van der Waals surface area contributed by atoms with Gasteiger partial charge in [0.15, 0.2) is 0 Å². The Balaban J connectivity index is 2.44. The summed E-state index contributed by atoms with van der Waals surface area (Å²) in [6.45, 7) is 6.79. The molecule has 78 valence electrons. The van der Waals surface area contributed by atoms with Crippen LogP contribution in [0, 0.1) is 0 Å². The lowest BCUT2D eigenvalue weighted by molar-refractivity contribution is 0.279. The molecule has 1 aliphatic heterocycles. The molecule has 0 bridgehead atoms. The highest BCUT2D eigenvalue weighted by Gasteiger charge is 2.30. The van der Waals surface area contributed by atoms with Crippen molar-refractivity contribution in [2.75, 3.05) is 20.1 Å². The second-order valence-electron chi connectivity index (χ2n) is 5.05. The largest absolute Gasteiger partial charge is 0.305 e. The van der Waals surface area contributed by atoms with Crippen molar-refractivity contribution in [3.63, 3.8) is 0 Å². The molecule has 2 rings (SSSR count). The Morgan fingerprint density at radius 1 is 1.36 bits per heavy atom. The summed E-state index contributed by atoms with van der Waals surface area (Å²) in [4.78, 5) is 2.39. The topological polar surface area (TPSA) is 21.1 Å². The summed E-state index contributed by atoms with van der Waals surface area (Å²) in [6, 6.07) is 0. The molecule has 1 aliphatic rings. The van der Waals surface area contributed by atoms with Crippen LogP contribution in [0.15, 0.2) is 6.20 Å². The summed E-state index contributed by atoms with van der Waals surface area (Å²) in [5, 5.41) is 4.59. The zero-order chi connectivity index (χ0) is 10.3. The van der Waals surface area contributed by atoms with E-state index in [9.17, 15) is 0 Å². The third kappa shape index (κ3) is 1.57. The summed E-state index contributed by atoms with van der Waals surface area (Å²) in [5.74, 6) is 0. The van der Waals surface area contributed by atoms with Crippen molar-refractivity contribution in [1.82, 2.24) is 14.7 Å². The molecule has 3 heteroatoms. The number of aromatic nitrogens is 2. The molecule has 0 aromatic carbocycles. The number of hydrogen-bond donors (Lipinski definition) is 0. The molecule has 14 heavy (non-hydrogen) atoms. The molecule has 0 fully saturated rings. The molecule has 3 nitrogen and oxygen atoms in total. The third-order valence-electron chi connectivity index (χ3n) is 2.97. The highest BCUT2D eigenvalue weighted by atomic mass is 15.3. The van der Waals surface area contributed by atoms with E-state index in [1.807, 2.05) is 11.7 Å². The molecule has 0 atom stereocenters. The summed E-state index contributed by atoms with van der Waals surface area (Å²) in [6.07, 6.45) is 3.29. The molecular weight excluding hydrogens is 174 g/mol. The first kappa shape index (κ1) is 9.71. The van der Waals surface area contributed by atoms with Gasteiger partial charge in [-0.15, -0.1) is 0 Å². The summed E-state index contributed by atoms with van der Waals surface area (Å²) < 4.78 is 1.94. The minimum atomic E-state index is 0.182. The lowest BCUT2D eigenvalue weighted by Crippen LogP contribution is -2.33. The van der Waals surface area contributed by atoms with E-state index in [2.05, 4.69) is 37.1 Å². The van der Waals surface area contributed by atoms with Crippen LogP contribution in [-0.4, -0.2) is 34.8 Å². The zero-order valence-electron chi connectivity index (χ0n) is 9.54. The van der Waals surface area contributed by atoms with E-state index in [1.165, 1.54) is 11.3 Å². The third-order valence-corrected chi connectivity index (χ3v) is 2.97. The first-order valence-corrected chi connectivity index (χ1v) is 5.20. The SMILES string of the molecule is CN1CCc2cn(C)nc2C(C)(C)C1. The van der Waals surface area contributed by atoms with Gasteiger partial charge in [0.05, 0.1) is 5.69 Å². The highest BCUT2D eigenvalue weighted by Crippen LogP contribution is 2.28. The Hall–Kier alpha value is -0.830. The fourth-order valence-electron chi connectivity index (χ4n) is 2.43. The van der Waals surface area contributed by atoms with Crippen LogP contribution in [0.4, 0.5) is 0 Å². The standard InChI is InChI=1S/C11H19N3/c1-11(2)8-13(3)6-5-9-7-14(4)12-10(9)11/h7H,5-6,8H2,1-4H3. The van der Waals surface area contributed by atoms with Crippen molar-refractivity contribution in [3.8, 4) is 0 Å². The van der Waals surface area contributed by atoms with Gasteiger partial charge >= 0.3 is 0 Å². The first-order valence-electron chi connectivity index (χ1n) is 5.20. The van der Waals surface area contributed by atoms with Gasteiger partial charge in [0.25, 0.3) is 0 Å². The maximum Gasteiger partial charge on any atom is 0.0725 e. The van der Waals surface area contributed by atoms with Gasteiger partial charge < -0.3 is 4.90 Å². The van der Waals surface area contributed by atoms with Gasteiger partial charge in [0.1, 0.15) is 0 Å². The smallest absolute Gasteiger partial charge is 0.0725 e. The van der Waals surface area contributed by atoms with Gasteiger partial charge in [-0.3, -0.25) is 4.68 Å². The van der Waals surface area contributed by atoms with Crippen molar-refractivity contribution in [3.05, 3.63) is 17.5 Å². The average molecular weight is 193 g/mol. The summed E-state index contributed by atoms with van der Waals surface area (Å²) in [5.41, 5.74) is 2.88. The second-order valence-corrected chi connectivity index (χ2v) is 5.05. The molecule has 0 N–H and O–H groups in total. The van der Waals surface area contributed by atoms with Crippen LogP contribution < -0.4 is 0 Å². The number of nitrogens with zero attached hydrogens (tertiary/aromatic N) is 3. The Morgan fingerprint density at radius 3 is 2.79 bits per heavy atom. The van der Waals surface area contributed by atoms with Crippen molar-refractivity contribution in [1.29, 1.82) is 0 Å². The Labute approximate surface area is 85.7 Å². The second kappa shape index (κ2) is 3.09. The molecular formula is C11H19N3. The summed E-state index contributed by atoms with van der Waals surface area (Å²) >= 11 is 0.